The molecule has 5 heterocycles. The first-order valence-electron chi connectivity index (χ1n) is 15.5. The van der Waals surface area contributed by atoms with Gasteiger partial charge in [0.1, 0.15) is 17.8 Å². The number of esters is 1. The number of aliphatic hydroxyl groups excluding tert-OH is 1. The molecule has 6 fully saturated rings. The molecule has 0 aromatic rings. The topological polar surface area (TPSA) is 86.8 Å². The van der Waals surface area contributed by atoms with Gasteiger partial charge in [-0.2, -0.15) is 0 Å². The zero-order valence-electron chi connectivity index (χ0n) is 24.7. The average molecular weight is 543 g/mol. The van der Waals surface area contributed by atoms with Crippen LogP contribution >= 0.6 is 0 Å². The van der Waals surface area contributed by atoms with Crippen LogP contribution in [-0.4, -0.2) is 58.8 Å². The molecule has 1 N–H and O–H groups in total. The van der Waals surface area contributed by atoms with E-state index in [1.807, 2.05) is 6.92 Å². The molecule has 3 aliphatic carbocycles. The van der Waals surface area contributed by atoms with Crippen molar-refractivity contribution in [2.75, 3.05) is 0 Å². The van der Waals surface area contributed by atoms with E-state index in [1.165, 1.54) is 5.57 Å². The Kier molecular flexibility index (Phi) is 4.82. The number of hydrogen-bond acceptors (Lipinski definition) is 7. The number of aliphatic hydroxyl groups is 1. The third-order valence-corrected chi connectivity index (χ3v) is 13.8. The van der Waals surface area contributed by atoms with Crippen molar-refractivity contribution in [1.29, 1.82) is 0 Å². The first-order chi connectivity index (χ1) is 18.2. The highest BCUT2D eigenvalue weighted by Gasteiger charge is 2.80. The van der Waals surface area contributed by atoms with Crippen LogP contribution in [0.3, 0.4) is 0 Å². The standard InChI is InChI=1S/C32H46O7/c1-16-13-32(25-30(7,38-25)26(34)39-32)36-20-15-28(5)19-8-9-21-27(3,4)22-10-11-31(21,37-22)14-18(19)12-23(35-17(2)33)29(28,6)24(16)20/h16,20-26,34H,8-15H2,1-7H3/t16-,20+,21+,22-,23-,24+,25-,26+,28+,29-,30+,31-,32-/m1/s1. The summed E-state index contributed by atoms with van der Waals surface area (Å²) in [6.45, 7) is 15.4. The molecule has 2 bridgehead atoms. The molecule has 13 atom stereocenters. The van der Waals surface area contributed by atoms with Gasteiger partial charge in [-0.25, -0.2) is 0 Å². The van der Waals surface area contributed by atoms with Gasteiger partial charge in [-0.05, 0) is 68.6 Å². The third-order valence-electron chi connectivity index (χ3n) is 13.8. The highest BCUT2D eigenvalue weighted by molar-refractivity contribution is 5.66. The zero-order valence-corrected chi connectivity index (χ0v) is 24.7. The van der Waals surface area contributed by atoms with Gasteiger partial charge in [-0.15, -0.1) is 0 Å². The molecule has 0 unspecified atom stereocenters. The van der Waals surface area contributed by atoms with Crippen LogP contribution in [-0.2, 0) is 28.5 Å². The molecule has 39 heavy (non-hydrogen) atoms. The van der Waals surface area contributed by atoms with Crippen LogP contribution in [0.15, 0.2) is 11.1 Å². The van der Waals surface area contributed by atoms with Crippen molar-refractivity contribution in [2.24, 2.45) is 34.0 Å². The van der Waals surface area contributed by atoms with Gasteiger partial charge < -0.3 is 28.8 Å². The minimum atomic E-state index is -0.969. The summed E-state index contributed by atoms with van der Waals surface area (Å²) >= 11 is 0. The van der Waals surface area contributed by atoms with Crippen molar-refractivity contribution in [1.82, 2.24) is 0 Å². The quantitative estimate of drug-likeness (QED) is 0.282. The van der Waals surface area contributed by atoms with E-state index in [2.05, 4.69) is 34.6 Å². The Labute approximate surface area is 232 Å². The molecular formula is C32H46O7. The lowest BCUT2D eigenvalue weighted by Crippen LogP contribution is -2.58. The summed E-state index contributed by atoms with van der Waals surface area (Å²) in [6, 6.07) is 0. The van der Waals surface area contributed by atoms with Crippen LogP contribution in [0, 0.1) is 34.0 Å². The number of carbonyl (C=O) groups excluding carboxylic acids is 1. The number of fused-ring (bicyclic) bond motifs is 7. The molecule has 8 aliphatic rings. The minimum Gasteiger partial charge on any atom is -0.462 e. The normalized spacial score (nSPS) is 59.8. The molecule has 216 valence electrons. The number of epoxide rings is 1. The molecule has 5 saturated heterocycles. The van der Waals surface area contributed by atoms with Gasteiger partial charge in [-0.3, -0.25) is 4.79 Å². The molecule has 2 spiro atoms. The van der Waals surface area contributed by atoms with Crippen molar-refractivity contribution in [3.8, 4) is 0 Å². The Morgan fingerprint density at radius 1 is 1.03 bits per heavy atom. The Hall–Kier alpha value is -0.990. The first kappa shape index (κ1) is 25.7. The molecule has 0 radical (unpaired) electrons. The molecule has 1 saturated carbocycles. The summed E-state index contributed by atoms with van der Waals surface area (Å²) < 4.78 is 32.3. The predicted molar refractivity (Wildman–Crippen MR) is 141 cm³/mol. The van der Waals surface area contributed by atoms with Crippen molar-refractivity contribution < 1.29 is 33.6 Å². The third kappa shape index (κ3) is 2.86. The predicted octanol–water partition coefficient (Wildman–Crippen LogP) is 5.04. The maximum Gasteiger partial charge on any atom is 0.302 e. The van der Waals surface area contributed by atoms with Gasteiger partial charge in [0.15, 0.2) is 6.29 Å². The summed E-state index contributed by atoms with van der Waals surface area (Å²) in [5.74, 6) is -0.0839. The number of carbonyl (C=O) groups is 1. The lowest BCUT2D eigenvalue weighted by atomic mass is 9.51. The lowest BCUT2D eigenvalue weighted by molar-refractivity contribution is -0.345. The van der Waals surface area contributed by atoms with Gasteiger partial charge in [0.25, 0.3) is 0 Å². The molecule has 0 aromatic carbocycles. The van der Waals surface area contributed by atoms with Gasteiger partial charge >= 0.3 is 5.97 Å². The van der Waals surface area contributed by atoms with Crippen molar-refractivity contribution in [2.45, 2.75) is 148 Å². The Morgan fingerprint density at radius 3 is 2.46 bits per heavy atom. The molecule has 7 heteroatoms. The van der Waals surface area contributed by atoms with Crippen molar-refractivity contribution >= 4 is 5.97 Å². The summed E-state index contributed by atoms with van der Waals surface area (Å²) in [7, 11) is 0. The summed E-state index contributed by atoms with van der Waals surface area (Å²) in [6.07, 6.45) is 6.72. The van der Waals surface area contributed by atoms with Crippen LogP contribution in [0.5, 0.6) is 0 Å². The van der Waals surface area contributed by atoms with E-state index in [9.17, 15) is 9.90 Å². The Bertz CT molecular complexity index is 1180. The molecule has 5 aliphatic heterocycles. The highest BCUT2D eigenvalue weighted by atomic mass is 16.8. The van der Waals surface area contributed by atoms with Crippen LogP contribution in [0.1, 0.15) is 99.8 Å². The van der Waals surface area contributed by atoms with Gasteiger partial charge in [0.2, 0.25) is 5.79 Å². The van der Waals surface area contributed by atoms with E-state index in [0.29, 0.717) is 18.4 Å². The van der Waals surface area contributed by atoms with E-state index in [-0.39, 0.29) is 58.0 Å². The maximum absolute atomic E-state index is 12.6. The van der Waals surface area contributed by atoms with Crippen LogP contribution < -0.4 is 0 Å². The summed E-state index contributed by atoms with van der Waals surface area (Å²) in [4.78, 5) is 12.6. The lowest BCUT2D eigenvalue weighted by Gasteiger charge is -2.56. The SMILES string of the molecule is CC(=O)O[C@@H]1CC2=C(CC[C@H]3C(C)(C)[C@H]4CC[C@]3(C2)O4)[C@]2(C)C[C@@H]3O[C@]4(C[C@@H](C)[C@@H]3[C@@]12C)O[C@H](O)[C@@]1(C)O[C@@H]41. The van der Waals surface area contributed by atoms with E-state index < -0.39 is 17.7 Å². The second-order valence-electron chi connectivity index (χ2n) is 15.8. The maximum atomic E-state index is 12.6. The molecular weight excluding hydrogens is 496 g/mol. The fourth-order valence-electron chi connectivity index (χ4n) is 12.0. The minimum absolute atomic E-state index is 0.0584. The zero-order chi connectivity index (χ0) is 27.5. The second kappa shape index (κ2) is 7.31. The number of rotatable bonds is 1. The molecule has 0 aromatic heterocycles. The average Bonchev–Trinajstić information content (AvgIpc) is 3.15. The van der Waals surface area contributed by atoms with Crippen LogP contribution in [0.25, 0.3) is 0 Å². The van der Waals surface area contributed by atoms with Gasteiger partial charge in [0.05, 0.1) is 17.8 Å². The van der Waals surface area contributed by atoms with Crippen LogP contribution in [0.4, 0.5) is 0 Å². The summed E-state index contributed by atoms with van der Waals surface area (Å²) in [5, 5.41) is 10.6. The molecule has 7 nitrogen and oxygen atoms in total. The smallest absolute Gasteiger partial charge is 0.302 e. The Morgan fingerprint density at radius 2 is 1.79 bits per heavy atom. The van der Waals surface area contributed by atoms with E-state index >= 15 is 0 Å². The van der Waals surface area contributed by atoms with E-state index in [1.54, 1.807) is 12.5 Å². The van der Waals surface area contributed by atoms with Crippen molar-refractivity contribution in [3.05, 3.63) is 11.1 Å². The van der Waals surface area contributed by atoms with Crippen LogP contribution in [0.2, 0.25) is 0 Å². The second-order valence-corrected chi connectivity index (χ2v) is 15.8. The monoisotopic (exact) mass is 542 g/mol. The Balaban J connectivity index is 1.21. The van der Waals surface area contributed by atoms with E-state index in [4.69, 9.17) is 23.7 Å². The fraction of sp³-hybridized carbons (Fsp3) is 0.906. The van der Waals surface area contributed by atoms with E-state index in [0.717, 1.165) is 44.9 Å². The number of allylic oxidation sites excluding steroid dienone is 1. The molecule has 0 amide bonds. The molecule has 8 rings (SSSR count). The highest BCUT2D eigenvalue weighted by Crippen LogP contribution is 2.74. The number of ether oxygens (including phenoxy) is 5. The van der Waals surface area contributed by atoms with Crippen molar-refractivity contribution in [3.63, 3.8) is 0 Å². The first-order valence-corrected chi connectivity index (χ1v) is 15.5. The largest absolute Gasteiger partial charge is 0.462 e. The number of hydrogen-bond donors (Lipinski definition) is 1. The van der Waals surface area contributed by atoms with Gasteiger partial charge in [0, 0.05) is 30.6 Å². The van der Waals surface area contributed by atoms with Gasteiger partial charge in [-0.1, -0.05) is 45.8 Å². The summed E-state index contributed by atoms with van der Waals surface area (Å²) in [5.41, 5.74) is 2.08. The fourth-order valence-corrected chi connectivity index (χ4v) is 12.0.